The van der Waals surface area contributed by atoms with Crippen LogP contribution in [0.15, 0.2) is 30.3 Å². The van der Waals surface area contributed by atoms with Crippen LogP contribution in [-0.2, 0) is 13.6 Å². The molecule has 0 amide bonds. The molecule has 1 saturated heterocycles. The molecule has 0 bridgehead atoms. The first-order valence-corrected chi connectivity index (χ1v) is 10.0. The van der Waals surface area contributed by atoms with E-state index >= 15 is 0 Å². The Bertz CT molecular complexity index is 561. The molecule has 126 valence electrons. The summed E-state index contributed by atoms with van der Waals surface area (Å²) < 4.78 is 4.87. The fourth-order valence-electron chi connectivity index (χ4n) is 3.86. The van der Waals surface area contributed by atoms with Crippen molar-refractivity contribution in [1.29, 1.82) is 0 Å². The van der Waals surface area contributed by atoms with E-state index < -0.39 is 5.60 Å². The zero-order valence-electron chi connectivity index (χ0n) is 13.8. The normalized spacial score (nSPS) is 29.8. The van der Waals surface area contributed by atoms with Crippen LogP contribution in [0.5, 0.6) is 0 Å². The van der Waals surface area contributed by atoms with Crippen LogP contribution in [0.1, 0.15) is 25.8 Å². The van der Waals surface area contributed by atoms with E-state index in [-0.39, 0.29) is 27.8 Å². The lowest BCUT2D eigenvalue weighted by atomic mass is 9.98. The second kappa shape index (κ2) is 6.34. The summed E-state index contributed by atoms with van der Waals surface area (Å²) in [4.78, 5) is 12.3. The van der Waals surface area contributed by atoms with Gasteiger partial charge >= 0.3 is 5.97 Å². The van der Waals surface area contributed by atoms with Crippen molar-refractivity contribution in [3.63, 3.8) is 0 Å². The van der Waals surface area contributed by atoms with Crippen LogP contribution in [0.2, 0.25) is 0 Å². The second-order valence-electron chi connectivity index (χ2n) is 6.84. The van der Waals surface area contributed by atoms with Crippen molar-refractivity contribution in [2.75, 3.05) is 18.6 Å². The molecule has 0 unspecified atom stereocenters. The Kier molecular flexibility index (Phi) is 4.73. The van der Waals surface area contributed by atoms with E-state index in [1.807, 2.05) is 43.4 Å². The highest BCUT2D eigenvalue weighted by Gasteiger charge is 2.70. The lowest BCUT2D eigenvalue weighted by Gasteiger charge is -2.38. The third-order valence-corrected chi connectivity index (χ3v) is 8.41. The molecule has 5 heteroatoms. The molecule has 1 aromatic carbocycles. The molecule has 3 nitrogen and oxygen atoms in total. The zero-order valence-corrected chi connectivity index (χ0v) is 15.5. The van der Waals surface area contributed by atoms with Gasteiger partial charge in [0.2, 0.25) is 0 Å². The fraction of sp³-hybridized carbons (Fsp3) is 0.611. The molecule has 0 aromatic heterocycles. The first-order chi connectivity index (χ1) is 10.9. The van der Waals surface area contributed by atoms with Crippen LogP contribution < -0.4 is 0 Å². The van der Waals surface area contributed by atoms with Gasteiger partial charge in [0.05, 0.1) is 22.7 Å². The number of esters is 1. The summed E-state index contributed by atoms with van der Waals surface area (Å²) in [5.74, 6) is 1.80. The number of carbonyl (C=O) groups is 1. The van der Waals surface area contributed by atoms with Gasteiger partial charge in [-0.05, 0) is 37.3 Å². The van der Waals surface area contributed by atoms with Crippen molar-refractivity contribution in [2.24, 2.45) is 17.8 Å². The molecular formula is C18H24O3S2. The molecule has 2 fully saturated rings. The van der Waals surface area contributed by atoms with E-state index in [9.17, 15) is 9.90 Å². The van der Waals surface area contributed by atoms with E-state index in [0.717, 1.165) is 11.5 Å². The van der Waals surface area contributed by atoms with Gasteiger partial charge in [-0.3, -0.25) is 4.79 Å². The van der Waals surface area contributed by atoms with E-state index in [2.05, 4.69) is 24.3 Å². The van der Waals surface area contributed by atoms with Crippen molar-refractivity contribution in [3.05, 3.63) is 35.9 Å². The molecule has 0 spiro atoms. The Hall–Kier alpha value is -0.650. The number of ether oxygens (including phenoxy) is 1. The Morgan fingerprint density at radius 3 is 2.39 bits per heavy atom. The summed E-state index contributed by atoms with van der Waals surface area (Å²) in [6.45, 7) is 3.62. The van der Waals surface area contributed by atoms with E-state index in [0.29, 0.717) is 0 Å². The number of methoxy groups -OCH3 is 1. The lowest BCUT2D eigenvalue weighted by molar-refractivity contribution is -0.143. The largest absolute Gasteiger partial charge is 0.469 e. The van der Waals surface area contributed by atoms with Gasteiger partial charge in [0, 0.05) is 11.8 Å². The summed E-state index contributed by atoms with van der Waals surface area (Å²) in [7, 11) is 1.44. The number of hydrogen-bond donors (Lipinski definition) is 1. The minimum absolute atomic E-state index is 0.0618. The highest BCUT2D eigenvalue weighted by molar-refractivity contribution is 8.18. The predicted molar refractivity (Wildman–Crippen MR) is 96.4 cm³/mol. The minimum Gasteiger partial charge on any atom is -0.469 e. The maximum atomic E-state index is 12.3. The molecule has 3 rings (SSSR count). The van der Waals surface area contributed by atoms with Crippen LogP contribution in [0.25, 0.3) is 0 Å². The molecule has 1 aromatic rings. The van der Waals surface area contributed by atoms with Gasteiger partial charge in [0.15, 0.2) is 0 Å². The lowest BCUT2D eigenvalue weighted by Crippen LogP contribution is -2.31. The van der Waals surface area contributed by atoms with Gasteiger partial charge in [0.1, 0.15) is 0 Å². The standard InChI is InChI=1S/C18H24O3S2/c1-17(2,20)14-13(16(19)21-3)15(14)18(22-10-7-11-23-18)12-8-5-4-6-9-12/h4-6,8-9,13-15,20H,7,10-11H2,1-3H3/t13-,14+,15+/m0/s1. The number of carbonyl (C=O) groups excluding carboxylic acids is 1. The Morgan fingerprint density at radius 2 is 1.87 bits per heavy atom. The van der Waals surface area contributed by atoms with Gasteiger partial charge in [-0.25, -0.2) is 0 Å². The number of aliphatic hydroxyl groups is 1. The predicted octanol–water partition coefficient (Wildman–Crippen LogP) is 3.52. The van der Waals surface area contributed by atoms with Gasteiger partial charge in [-0.1, -0.05) is 30.3 Å². The molecule has 1 aliphatic heterocycles. The number of thioether (sulfide) groups is 2. The maximum Gasteiger partial charge on any atom is 0.309 e. The van der Waals surface area contributed by atoms with Crippen LogP contribution in [0.3, 0.4) is 0 Å². The summed E-state index contributed by atoms with van der Waals surface area (Å²) in [6.07, 6.45) is 1.19. The summed E-state index contributed by atoms with van der Waals surface area (Å²) in [5, 5.41) is 10.6. The molecule has 1 N–H and O–H groups in total. The van der Waals surface area contributed by atoms with Crippen molar-refractivity contribution in [2.45, 2.75) is 29.9 Å². The third kappa shape index (κ3) is 3.03. The summed E-state index contributed by atoms with van der Waals surface area (Å²) in [6, 6.07) is 10.4. The Labute approximate surface area is 146 Å². The maximum absolute atomic E-state index is 12.3. The van der Waals surface area contributed by atoms with E-state index in [1.54, 1.807) is 0 Å². The molecule has 0 radical (unpaired) electrons. The van der Waals surface area contributed by atoms with Crippen LogP contribution in [0.4, 0.5) is 0 Å². The second-order valence-corrected chi connectivity index (χ2v) is 9.78. The van der Waals surface area contributed by atoms with Crippen molar-refractivity contribution >= 4 is 29.5 Å². The molecule has 2 aliphatic rings. The van der Waals surface area contributed by atoms with Crippen molar-refractivity contribution in [1.82, 2.24) is 0 Å². The number of hydrogen-bond acceptors (Lipinski definition) is 5. The highest BCUT2D eigenvalue weighted by Crippen LogP contribution is 2.70. The summed E-state index contributed by atoms with van der Waals surface area (Å²) >= 11 is 3.86. The van der Waals surface area contributed by atoms with E-state index in [1.165, 1.54) is 19.1 Å². The molecule has 1 heterocycles. The van der Waals surface area contributed by atoms with Crippen molar-refractivity contribution < 1.29 is 14.6 Å². The summed E-state index contributed by atoms with van der Waals surface area (Å²) in [5.41, 5.74) is 0.365. The molecule has 1 saturated carbocycles. The minimum atomic E-state index is -0.885. The zero-order chi connectivity index (χ0) is 16.7. The monoisotopic (exact) mass is 352 g/mol. The average molecular weight is 353 g/mol. The van der Waals surface area contributed by atoms with Gasteiger partial charge in [-0.15, -0.1) is 23.5 Å². The first kappa shape index (κ1) is 17.2. The van der Waals surface area contributed by atoms with Crippen molar-refractivity contribution in [3.8, 4) is 0 Å². The molecule has 23 heavy (non-hydrogen) atoms. The Morgan fingerprint density at radius 1 is 1.26 bits per heavy atom. The quantitative estimate of drug-likeness (QED) is 0.840. The molecule has 1 aliphatic carbocycles. The Balaban J connectivity index is 2.01. The molecule has 3 atom stereocenters. The smallest absolute Gasteiger partial charge is 0.309 e. The van der Waals surface area contributed by atoms with Crippen LogP contribution >= 0.6 is 23.5 Å². The topological polar surface area (TPSA) is 46.5 Å². The third-order valence-electron chi connectivity index (χ3n) is 4.85. The molecular weight excluding hydrogens is 328 g/mol. The van der Waals surface area contributed by atoms with Crippen LogP contribution in [0, 0.1) is 17.8 Å². The average Bonchev–Trinajstić information content (AvgIpc) is 3.32. The SMILES string of the molecule is COC(=O)[C@H]1[C@@H](C(C)(C)O)[C@@H]1C1(c2ccccc2)SCCCS1. The number of rotatable bonds is 4. The van der Waals surface area contributed by atoms with Gasteiger partial charge in [-0.2, -0.15) is 0 Å². The fourth-order valence-corrected chi connectivity index (χ4v) is 7.64. The first-order valence-electron chi connectivity index (χ1n) is 8.05. The van der Waals surface area contributed by atoms with Crippen LogP contribution in [-0.4, -0.2) is 35.3 Å². The highest BCUT2D eigenvalue weighted by atomic mass is 32.2. The number of benzene rings is 1. The van der Waals surface area contributed by atoms with Gasteiger partial charge < -0.3 is 9.84 Å². The van der Waals surface area contributed by atoms with Gasteiger partial charge in [0.25, 0.3) is 0 Å². The van der Waals surface area contributed by atoms with E-state index in [4.69, 9.17) is 4.74 Å².